The van der Waals surface area contributed by atoms with Crippen LogP contribution in [0.2, 0.25) is 0 Å². The lowest BCUT2D eigenvalue weighted by molar-refractivity contribution is -0.137. The number of halogens is 5. The lowest BCUT2D eigenvalue weighted by Gasteiger charge is -2.22. The topological polar surface area (TPSA) is 106 Å². The highest BCUT2D eigenvalue weighted by Gasteiger charge is 2.38. The van der Waals surface area contributed by atoms with E-state index in [0.29, 0.717) is 24.6 Å². The molecule has 1 aliphatic heterocycles. The number of nitrogen functional groups attached to an aromatic ring is 1. The Hall–Kier alpha value is -3.76. The second-order valence-corrected chi connectivity index (χ2v) is 9.78. The summed E-state index contributed by atoms with van der Waals surface area (Å²) in [7, 11) is 1.43. The van der Waals surface area contributed by atoms with Crippen molar-refractivity contribution >= 4 is 43.1 Å². The maximum absolute atomic E-state index is 16.2. The molecule has 198 valence electrons. The van der Waals surface area contributed by atoms with Crippen molar-refractivity contribution in [3.05, 3.63) is 41.0 Å². The van der Waals surface area contributed by atoms with Crippen LogP contribution in [-0.4, -0.2) is 36.8 Å². The molecule has 0 atom stereocenters. The minimum absolute atomic E-state index is 0.0605. The number of rotatable bonds is 5. The van der Waals surface area contributed by atoms with E-state index < -0.39 is 34.5 Å². The first-order chi connectivity index (χ1) is 18.1. The molecule has 0 saturated carbocycles. The first-order valence-electron chi connectivity index (χ1n) is 11.5. The Balaban J connectivity index is 1.76. The second-order valence-electron chi connectivity index (χ2n) is 8.73. The van der Waals surface area contributed by atoms with Gasteiger partial charge in [0.15, 0.2) is 5.82 Å². The van der Waals surface area contributed by atoms with E-state index >= 15 is 4.39 Å². The normalized spacial score (nSPS) is 14.7. The Morgan fingerprint density at radius 3 is 2.63 bits per heavy atom. The number of benzene rings is 2. The number of nitrogens with zero attached hydrogens (tertiary/aromatic N) is 3. The molecule has 7 nitrogen and oxygen atoms in total. The molecule has 0 radical (unpaired) electrons. The Bertz CT molecular complexity index is 1590. The second kappa shape index (κ2) is 9.85. The number of hydrogen-bond donors (Lipinski definition) is 2. The van der Waals surface area contributed by atoms with Gasteiger partial charge in [0, 0.05) is 36.6 Å². The van der Waals surface area contributed by atoms with Gasteiger partial charge in [0.25, 0.3) is 0 Å². The van der Waals surface area contributed by atoms with Crippen molar-refractivity contribution in [2.24, 2.45) is 5.92 Å². The van der Waals surface area contributed by atoms with Crippen LogP contribution in [0.4, 0.5) is 32.8 Å². The van der Waals surface area contributed by atoms with Crippen LogP contribution < -0.4 is 15.8 Å². The number of thiophene rings is 1. The molecule has 1 aliphatic rings. The molecular weight excluding hydrogens is 529 g/mol. The molecule has 1 saturated heterocycles. The maximum Gasteiger partial charge on any atom is 0.417 e. The summed E-state index contributed by atoms with van der Waals surface area (Å²) >= 11 is 0.702. The van der Waals surface area contributed by atoms with Gasteiger partial charge in [-0.1, -0.05) is 6.07 Å². The van der Waals surface area contributed by atoms with Crippen LogP contribution in [0, 0.1) is 28.9 Å². The van der Waals surface area contributed by atoms with Gasteiger partial charge in [0.05, 0.1) is 22.4 Å². The third-order valence-electron chi connectivity index (χ3n) is 6.44. The first kappa shape index (κ1) is 25.9. The molecule has 5 rings (SSSR count). The summed E-state index contributed by atoms with van der Waals surface area (Å²) in [6, 6.07) is 4.25. The predicted octanol–water partition coefficient (Wildman–Crippen LogP) is 6.11. The molecule has 0 aliphatic carbocycles. The highest BCUT2D eigenvalue weighted by molar-refractivity contribution is 7.23. The minimum Gasteiger partial charge on any atom is -0.463 e. The van der Waals surface area contributed by atoms with Gasteiger partial charge < -0.3 is 20.5 Å². The zero-order chi connectivity index (χ0) is 27.2. The number of nitrogens with two attached hydrogens (primary N) is 1. The standard InChI is InChI=1S/C25H20F5N5O2S/c1-33-23-13-8-15(25(28,29)30)18(12-2-3-16(26)21-17(12)14(9-31)22(32)38-21)19(27)20(13)34-24(35-23)37-10-11-4-6-36-7-5-11/h2-3,8,11H,4-7,10,32H2,1H3,(H,33,34,35). The summed E-state index contributed by atoms with van der Waals surface area (Å²) in [6.07, 6.45) is -3.50. The van der Waals surface area contributed by atoms with E-state index in [0.717, 1.165) is 31.0 Å². The number of alkyl halides is 3. The molecule has 0 unspecified atom stereocenters. The van der Waals surface area contributed by atoms with Gasteiger partial charge in [-0.3, -0.25) is 0 Å². The van der Waals surface area contributed by atoms with Gasteiger partial charge in [-0.2, -0.15) is 28.4 Å². The molecule has 1 fully saturated rings. The molecule has 0 amide bonds. The van der Waals surface area contributed by atoms with E-state index in [2.05, 4.69) is 15.3 Å². The number of aromatic nitrogens is 2. The Labute approximate surface area is 217 Å². The van der Waals surface area contributed by atoms with E-state index in [4.69, 9.17) is 15.2 Å². The number of nitrogens with one attached hydrogen (secondary N) is 1. The summed E-state index contributed by atoms with van der Waals surface area (Å²) in [4.78, 5) is 8.26. The summed E-state index contributed by atoms with van der Waals surface area (Å²) in [5.74, 6) is -2.00. The van der Waals surface area contributed by atoms with Gasteiger partial charge in [-0.15, -0.1) is 11.3 Å². The molecule has 3 heterocycles. The monoisotopic (exact) mass is 549 g/mol. The molecular formula is C25H20F5N5O2S. The average Bonchev–Trinajstić information content (AvgIpc) is 3.24. The van der Waals surface area contributed by atoms with Gasteiger partial charge in [0.2, 0.25) is 0 Å². The fourth-order valence-electron chi connectivity index (χ4n) is 4.56. The SMILES string of the molecule is CNc1nc(OCC2CCOCC2)nc2c(F)c(-c3ccc(F)c4sc(N)c(C#N)c34)c(C(F)(F)F)cc12. The summed E-state index contributed by atoms with van der Waals surface area (Å²) < 4.78 is 84.6. The molecule has 13 heteroatoms. The van der Waals surface area contributed by atoms with Gasteiger partial charge in [-0.25, -0.2) is 8.78 Å². The number of nitriles is 1. The van der Waals surface area contributed by atoms with Crippen molar-refractivity contribution in [1.82, 2.24) is 9.97 Å². The molecule has 0 spiro atoms. The lowest BCUT2D eigenvalue weighted by atomic mass is 9.92. The fourth-order valence-corrected chi connectivity index (χ4v) is 5.51. The molecule has 4 aromatic rings. The van der Waals surface area contributed by atoms with Crippen molar-refractivity contribution in [2.45, 2.75) is 19.0 Å². The zero-order valence-corrected chi connectivity index (χ0v) is 20.7. The van der Waals surface area contributed by atoms with Gasteiger partial charge >= 0.3 is 12.2 Å². The molecule has 38 heavy (non-hydrogen) atoms. The van der Waals surface area contributed by atoms with Gasteiger partial charge in [0.1, 0.15) is 28.2 Å². The van der Waals surface area contributed by atoms with E-state index in [-0.39, 0.29) is 56.0 Å². The largest absolute Gasteiger partial charge is 0.463 e. The number of hydrogen-bond acceptors (Lipinski definition) is 8. The average molecular weight is 550 g/mol. The van der Waals surface area contributed by atoms with E-state index in [1.54, 1.807) is 6.07 Å². The number of fused-ring (bicyclic) bond motifs is 2. The zero-order valence-electron chi connectivity index (χ0n) is 19.9. The van der Waals surface area contributed by atoms with Gasteiger partial charge in [-0.05, 0) is 36.5 Å². The van der Waals surface area contributed by atoms with Crippen LogP contribution in [0.15, 0.2) is 18.2 Å². The maximum atomic E-state index is 16.2. The van der Waals surface area contributed by atoms with E-state index in [1.165, 1.54) is 7.05 Å². The molecule has 2 aromatic heterocycles. The van der Waals surface area contributed by atoms with Crippen LogP contribution in [0.5, 0.6) is 6.01 Å². The van der Waals surface area contributed by atoms with E-state index in [9.17, 15) is 22.8 Å². The summed E-state index contributed by atoms with van der Waals surface area (Å²) in [5.41, 5.74) is 2.66. The van der Waals surface area contributed by atoms with Crippen molar-refractivity contribution in [3.8, 4) is 23.2 Å². The van der Waals surface area contributed by atoms with E-state index in [1.807, 2.05) is 0 Å². The third kappa shape index (κ3) is 4.43. The van der Waals surface area contributed by atoms with Crippen molar-refractivity contribution in [2.75, 3.05) is 37.9 Å². The van der Waals surface area contributed by atoms with Crippen LogP contribution >= 0.6 is 11.3 Å². The lowest BCUT2D eigenvalue weighted by Crippen LogP contribution is -2.22. The van der Waals surface area contributed by atoms with Crippen molar-refractivity contribution < 1.29 is 31.4 Å². The smallest absolute Gasteiger partial charge is 0.417 e. The summed E-state index contributed by atoms with van der Waals surface area (Å²) in [6.45, 7) is 1.39. The first-order valence-corrected chi connectivity index (χ1v) is 12.4. The third-order valence-corrected chi connectivity index (χ3v) is 7.47. The predicted molar refractivity (Wildman–Crippen MR) is 133 cm³/mol. The Kier molecular flexibility index (Phi) is 6.70. The fraction of sp³-hybridized carbons (Fsp3) is 0.320. The van der Waals surface area contributed by atoms with Crippen molar-refractivity contribution in [3.63, 3.8) is 0 Å². The summed E-state index contributed by atoms with van der Waals surface area (Å²) in [5, 5.41) is 11.8. The molecule has 3 N–H and O–H groups in total. The highest BCUT2D eigenvalue weighted by atomic mass is 32.1. The highest BCUT2D eigenvalue weighted by Crippen LogP contribution is 2.47. The Morgan fingerprint density at radius 2 is 1.97 bits per heavy atom. The van der Waals surface area contributed by atoms with Crippen LogP contribution in [0.3, 0.4) is 0 Å². The molecule has 0 bridgehead atoms. The minimum atomic E-state index is -5.01. The van der Waals surface area contributed by atoms with Crippen LogP contribution in [0.1, 0.15) is 24.0 Å². The van der Waals surface area contributed by atoms with Crippen LogP contribution in [0.25, 0.3) is 32.1 Å². The molecule has 2 aromatic carbocycles. The van der Waals surface area contributed by atoms with Crippen LogP contribution in [-0.2, 0) is 10.9 Å². The Morgan fingerprint density at radius 1 is 1.24 bits per heavy atom. The van der Waals surface area contributed by atoms with Crippen molar-refractivity contribution in [1.29, 1.82) is 5.26 Å². The number of ether oxygens (including phenoxy) is 2. The number of anilines is 2. The quantitative estimate of drug-likeness (QED) is 0.289.